The van der Waals surface area contributed by atoms with E-state index in [-0.39, 0.29) is 60.8 Å². The monoisotopic (exact) mass is 649 g/mol. The molecule has 2 aromatic carbocycles. The van der Waals surface area contributed by atoms with Crippen molar-refractivity contribution in [3.63, 3.8) is 0 Å². The lowest BCUT2D eigenvalue weighted by Crippen LogP contribution is -2.42. The number of unbranched alkanes of at least 4 members (excludes halogenated alkanes) is 1. The molecule has 2 atom stereocenters. The van der Waals surface area contributed by atoms with Crippen LogP contribution in [0.4, 0.5) is 4.39 Å². The van der Waals surface area contributed by atoms with Crippen LogP contribution >= 0.6 is 12.6 Å². The first-order valence-electron chi connectivity index (χ1n) is 15.3. The zero-order valence-electron chi connectivity index (χ0n) is 25.4. The summed E-state index contributed by atoms with van der Waals surface area (Å²) in [5.41, 5.74) is 0.355. The van der Waals surface area contributed by atoms with Gasteiger partial charge >= 0.3 is 0 Å². The summed E-state index contributed by atoms with van der Waals surface area (Å²) in [7, 11) is -4.76. The average molecular weight is 650 g/mol. The van der Waals surface area contributed by atoms with Gasteiger partial charge in [0, 0.05) is 48.9 Å². The Balaban J connectivity index is 1.89. The van der Waals surface area contributed by atoms with Gasteiger partial charge in [0.25, 0.3) is 15.9 Å². The molecule has 3 rings (SSSR count). The molecule has 242 valence electrons. The molecule has 44 heavy (non-hydrogen) atoms. The molecule has 3 N–H and O–H groups in total. The summed E-state index contributed by atoms with van der Waals surface area (Å²) in [5, 5.41) is 12.5. The Hall–Kier alpha value is -2.96. The van der Waals surface area contributed by atoms with Crippen LogP contribution in [0.2, 0.25) is 0 Å². The van der Waals surface area contributed by atoms with Crippen molar-refractivity contribution in [3.05, 3.63) is 53.8 Å². The number of carbonyl (C=O) groups is 3. The fourth-order valence-corrected chi connectivity index (χ4v) is 7.35. The number of hydrogen-bond acceptors (Lipinski definition) is 7. The summed E-state index contributed by atoms with van der Waals surface area (Å²) in [6, 6.07) is 11.1. The van der Waals surface area contributed by atoms with Crippen LogP contribution < -0.4 is 10.0 Å². The van der Waals surface area contributed by atoms with E-state index in [0.29, 0.717) is 17.7 Å². The number of rotatable bonds is 15. The van der Waals surface area contributed by atoms with E-state index in [0.717, 1.165) is 39.0 Å². The summed E-state index contributed by atoms with van der Waals surface area (Å²) in [4.78, 5) is 39.0. The van der Waals surface area contributed by atoms with Crippen LogP contribution in [-0.4, -0.2) is 61.1 Å². The van der Waals surface area contributed by atoms with Gasteiger partial charge in [0.15, 0.2) is 0 Å². The van der Waals surface area contributed by atoms with Gasteiger partial charge in [-0.05, 0) is 37.7 Å². The molecule has 1 aliphatic carbocycles. The van der Waals surface area contributed by atoms with Gasteiger partial charge in [-0.3, -0.25) is 14.4 Å². The molecule has 0 saturated heterocycles. The lowest BCUT2D eigenvalue weighted by molar-refractivity contribution is -0.133. The molecule has 12 heteroatoms. The van der Waals surface area contributed by atoms with Crippen molar-refractivity contribution in [2.75, 3.05) is 18.8 Å². The van der Waals surface area contributed by atoms with Gasteiger partial charge in [-0.1, -0.05) is 75.1 Å². The van der Waals surface area contributed by atoms with Crippen LogP contribution in [0, 0.1) is 17.7 Å². The van der Waals surface area contributed by atoms with Gasteiger partial charge in [-0.25, -0.2) is 17.5 Å². The third kappa shape index (κ3) is 9.52. The second-order valence-electron chi connectivity index (χ2n) is 11.3. The highest BCUT2D eigenvalue weighted by Gasteiger charge is 2.31. The Labute approximate surface area is 265 Å². The first-order valence-corrected chi connectivity index (χ1v) is 17.4. The number of sulfonamides is 1. The van der Waals surface area contributed by atoms with Crippen molar-refractivity contribution in [1.82, 2.24) is 14.9 Å². The van der Waals surface area contributed by atoms with E-state index in [4.69, 9.17) is 0 Å². The maximum absolute atomic E-state index is 16.2. The largest absolute Gasteiger partial charge is 0.384 e. The second-order valence-corrected chi connectivity index (χ2v) is 13.3. The molecule has 0 aliphatic heterocycles. The first kappa shape index (κ1) is 35.5. The van der Waals surface area contributed by atoms with Crippen molar-refractivity contribution in [1.29, 1.82) is 0 Å². The molecule has 3 amide bonds. The molecule has 0 aromatic heterocycles. The summed E-state index contributed by atoms with van der Waals surface area (Å²) < 4.78 is 44.6. The van der Waals surface area contributed by atoms with E-state index >= 15 is 4.39 Å². The average Bonchev–Trinajstić information content (AvgIpc) is 3.00. The zero-order chi connectivity index (χ0) is 32.3. The Morgan fingerprint density at radius 1 is 1.07 bits per heavy atom. The number of aliphatic hydroxyl groups is 1. The predicted molar refractivity (Wildman–Crippen MR) is 171 cm³/mol. The molecule has 0 spiro atoms. The van der Waals surface area contributed by atoms with Crippen LogP contribution in [0.15, 0.2) is 47.4 Å². The molecule has 1 saturated carbocycles. The molecule has 2 aromatic rings. The van der Waals surface area contributed by atoms with Gasteiger partial charge < -0.3 is 15.3 Å². The van der Waals surface area contributed by atoms with E-state index in [1.54, 1.807) is 35.1 Å². The smallest absolute Gasteiger partial charge is 0.267 e. The summed E-state index contributed by atoms with van der Waals surface area (Å²) >= 11 is 4.42. The number of thiol groups is 1. The van der Waals surface area contributed by atoms with E-state index in [1.165, 1.54) is 23.5 Å². The standard InChI is InChI=1S/C32H44FN3O6S2/c1-3-4-15-28(38)36(19-18-34-32(40)27(21-43)24-13-9-6-10-14-24)20-25-16-17-26(23-11-7-5-8-12-23)30(29(25)33)44(41,42)35-31(39)22(2)37/h5,7-8,11-12,16-17,22,24,27,37,43H,3-4,6,9-10,13-15,18-21H2,1-2H3,(H,34,40)(H,35,39)/t22-,27-/m0/s1. The minimum Gasteiger partial charge on any atom is -0.384 e. The maximum Gasteiger partial charge on any atom is 0.267 e. The highest BCUT2D eigenvalue weighted by atomic mass is 32.2. The molecule has 0 heterocycles. The Morgan fingerprint density at radius 2 is 1.75 bits per heavy atom. The molecular formula is C32H44FN3O6S2. The number of nitrogens with one attached hydrogen (secondary N) is 2. The predicted octanol–water partition coefficient (Wildman–Crippen LogP) is 4.44. The molecule has 0 bridgehead atoms. The van der Waals surface area contributed by atoms with Gasteiger partial charge in [-0.2, -0.15) is 12.6 Å². The molecule has 1 fully saturated rings. The molecule has 1 aliphatic rings. The van der Waals surface area contributed by atoms with Crippen molar-refractivity contribution in [2.24, 2.45) is 11.8 Å². The first-order chi connectivity index (χ1) is 21.0. The number of hydrogen-bond donors (Lipinski definition) is 4. The SMILES string of the molecule is CCCCC(=O)N(CCNC(=O)[C@@H](CS)C1CCCCC1)Cc1ccc(-c2ccccc2)c(S(=O)(=O)NC(=O)[C@H](C)O)c1F. The highest BCUT2D eigenvalue weighted by molar-refractivity contribution is 7.90. The summed E-state index contributed by atoms with van der Waals surface area (Å²) in [6.45, 7) is 3.04. The Morgan fingerprint density at radius 3 is 2.36 bits per heavy atom. The summed E-state index contributed by atoms with van der Waals surface area (Å²) in [5.74, 6) is -2.20. The van der Waals surface area contributed by atoms with Crippen LogP contribution in [0.25, 0.3) is 11.1 Å². The van der Waals surface area contributed by atoms with Crippen molar-refractivity contribution in [3.8, 4) is 11.1 Å². The van der Waals surface area contributed by atoms with Crippen LogP contribution in [0.3, 0.4) is 0 Å². The zero-order valence-corrected chi connectivity index (χ0v) is 27.1. The lowest BCUT2D eigenvalue weighted by Gasteiger charge is -2.29. The van der Waals surface area contributed by atoms with Gasteiger partial charge in [0.1, 0.15) is 16.8 Å². The van der Waals surface area contributed by atoms with Gasteiger partial charge in [0.05, 0.1) is 0 Å². The topological polar surface area (TPSA) is 133 Å². The van der Waals surface area contributed by atoms with E-state index in [1.807, 2.05) is 6.92 Å². The van der Waals surface area contributed by atoms with E-state index < -0.39 is 32.7 Å². The third-order valence-corrected chi connectivity index (χ3v) is 9.84. The van der Waals surface area contributed by atoms with E-state index in [2.05, 4.69) is 17.9 Å². The molecule has 0 unspecified atom stereocenters. The lowest BCUT2D eigenvalue weighted by atomic mass is 9.80. The normalized spacial score (nSPS) is 15.3. The number of benzene rings is 2. The second kappa shape index (κ2) is 16.9. The van der Waals surface area contributed by atoms with Crippen molar-refractivity contribution in [2.45, 2.75) is 82.8 Å². The fraction of sp³-hybridized carbons (Fsp3) is 0.531. The van der Waals surface area contributed by atoms with Crippen molar-refractivity contribution < 1.29 is 32.3 Å². The van der Waals surface area contributed by atoms with Crippen LogP contribution in [0.1, 0.15) is 70.8 Å². The van der Waals surface area contributed by atoms with Crippen LogP contribution in [0.5, 0.6) is 0 Å². The Kier molecular flexibility index (Phi) is 13.7. The van der Waals surface area contributed by atoms with Gasteiger partial charge in [0.2, 0.25) is 11.8 Å². The van der Waals surface area contributed by atoms with E-state index in [9.17, 15) is 27.9 Å². The highest BCUT2D eigenvalue weighted by Crippen LogP contribution is 2.33. The third-order valence-electron chi connectivity index (χ3n) is 8.04. The minimum atomic E-state index is -4.76. The molecule has 9 nitrogen and oxygen atoms in total. The number of carbonyl (C=O) groups excluding carboxylic acids is 3. The molecular weight excluding hydrogens is 605 g/mol. The minimum absolute atomic E-state index is 0.0226. The summed E-state index contributed by atoms with van der Waals surface area (Å²) in [6.07, 6.45) is 5.30. The Bertz CT molecular complexity index is 1380. The number of halogens is 1. The fourth-order valence-electron chi connectivity index (χ4n) is 5.51. The number of amides is 3. The quantitative estimate of drug-likeness (QED) is 0.211. The van der Waals surface area contributed by atoms with Gasteiger partial charge in [-0.15, -0.1) is 0 Å². The number of aliphatic hydroxyl groups excluding tert-OH is 1. The van der Waals surface area contributed by atoms with Crippen LogP contribution in [-0.2, 0) is 31.0 Å². The maximum atomic E-state index is 16.2. The molecule has 0 radical (unpaired) electrons. The van der Waals surface area contributed by atoms with Crippen molar-refractivity contribution >= 4 is 40.4 Å². The number of nitrogens with zero attached hydrogens (tertiary/aromatic N) is 1.